The fraction of sp³-hybridized carbons (Fsp3) is 0.115. The molecule has 7 nitrogen and oxygen atoms in total. The van der Waals surface area contributed by atoms with Crippen LogP contribution in [-0.2, 0) is 16.2 Å². The molecule has 0 unspecified atom stereocenters. The number of aryl methyl sites for hydroxylation is 1. The summed E-state index contributed by atoms with van der Waals surface area (Å²) < 4.78 is 11.3. The lowest BCUT2D eigenvalue weighted by molar-refractivity contribution is -0.122. The number of hydrogen-bond donors (Lipinski definition) is 1. The van der Waals surface area contributed by atoms with Crippen LogP contribution in [0.25, 0.3) is 6.08 Å². The van der Waals surface area contributed by atoms with Crippen molar-refractivity contribution in [3.8, 4) is 11.5 Å². The summed E-state index contributed by atoms with van der Waals surface area (Å²) in [6, 6.07) is 16.4. The summed E-state index contributed by atoms with van der Waals surface area (Å²) in [5, 5.41) is 2.97. The van der Waals surface area contributed by atoms with E-state index in [1.165, 1.54) is 19.3 Å². The van der Waals surface area contributed by atoms with Gasteiger partial charge in [0.25, 0.3) is 11.8 Å². The minimum absolute atomic E-state index is 0.157. The number of nitrogens with one attached hydrogen (secondary N) is 1. The lowest BCUT2D eigenvalue weighted by Gasteiger charge is -2.26. The largest absolute Gasteiger partial charge is 0.493 e. The first-order valence-corrected chi connectivity index (χ1v) is 11.3. The Kier molecular flexibility index (Phi) is 7.10. The molecule has 1 N–H and O–H groups in total. The van der Waals surface area contributed by atoms with E-state index in [1.54, 1.807) is 30.3 Å². The highest BCUT2D eigenvalue weighted by Gasteiger charge is 2.36. The molecule has 1 heterocycles. The standard InChI is InChI=1S/C26H20Cl2N2O5/c1-15-6-5-8-18(10-15)30-25(32)19(24(31)29-26(30)33)11-16-12-21(28)23(22(13-16)34-2)35-14-17-7-3-4-9-20(17)27/h3-13H,14H2,1-2H3,(H,29,31,33)/b19-11+. The maximum absolute atomic E-state index is 13.1. The summed E-state index contributed by atoms with van der Waals surface area (Å²) in [6.45, 7) is 1.99. The summed E-state index contributed by atoms with van der Waals surface area (Å²) >= 11 is 12.6. The average molecular weight is 511 g/mol. The minimum atomic E-state index is -0.818. The maximum atomic E-state index is 13.1. The highest BCUT2D eigenvalue weighted by atomic mass is 35.5. The van der Waals surface area contributed by atoms with Crippen molar-refractivity contribution in [3.63, 3.8) is 0 Å². The molecule has 1 aliphatic heterocycles. The van der Waals surface area contributed by atoms with Crippen LogP contribution in [0, 0.1) is 6.92 Å². The number of anilines is 1. The third-order valence-corrected chi connectivity index (χ3v) is 5.90. The molecule has 178 valence electrons. The number of carbonyl (C=O) groups is 3. The Morgan fingerprint density at radius 1 is 0.971 bits per heavy atom. The molecule has 0 spiro atoms. The Bertz CT molecular complexity index is 1370. The van der Waals surface area contributed by atoms with E-state index in [-0.39, 0.29) is 23.0 Å². The van der Waals surface area contributed by atoms with Crippen molar-refractivity contribution in [1.82, 2.24) is 5.32 Å². The molecular weight excluding hydrogens is 491 g/mol. The Balaban J connectivity index is 1.65. The Labute approximate surface area is 211 Å². The van der Waals surface area contributed by atoms with E-state index < -0.39 is 17.8 Å². The second kappa shape index (κ2) is 10.2. The van der Waals surface area contributed by atoms with Gasteiger partial charge in [-0.2, -0.15) is 0 Å². The van der Waals surface area contributed by atoms with Crippen LogP contribution < -0.4 is 19.7 Å². The highest BCUT2D eigenvalue weighted by Crippen LogP contribution is 2.38. The number of rotatable bonds is 6. The molecule has 4 amide bonds. The first-order chi connectivity index (χ1) is 16.8. The molecule has 1 saturated heterocycles. The van der Waals surface area contributed by atoms with Crippen molar-refractivity contribution in [2.75, 3.05) is 12.0 Å². The summed E-state index contributed by atoms with van der Waals surface area (Å²) in [5.74, 6) is -0.976. The first-order valence-electron chi connectivity index (χ1n) is 10.5. The van der Waals surface area contributed by atoms with Gasteiger partial charge in [-0.1, -0.05) is 53.5 Å². The number of methoxy groups -OCH3 is 1. The van der Waals surface area contributed by atoms with Crippen LogP contribution in [0.1, 0.15) is 16.7 Å². The second-order valence-electron chi connectivity index (χ2n) is 7.71. The fourth-order valence-corrected chi connectivity index (χ4v) is 4.02. The minimum Gasteiger partial charge on any atom is -0.493 e. The molecule has 0 radical (unpaired) electrons. The quantitative estimate of drug-likeness (QED) is 0.346. The van der Waals surface area contributed by atoms with E-state index in [4.69, 9.17) is 32.7 Å². The van der Waals surface area contributed by atoms with Gasteiger partial charge in [-0.15, -0.1) is 0 Å². The van der Waals surface area contributed by atoms with Gasteiger partial charge in [-0.05, 0) is 54.5 Å². The molecule has 35 heavy (non-hydrogen) atoms. The van der Waals surface area contributed by atoms with E-state index in [1.807, 2.05) is 31.2 Å². The van der Waals surface area contributed by atoms with E-state index >= 15 is 0 Å². The number of nitrogens with zero attached hydrogens (tertiary/aromatic N) is 1. The Morgan fingerprint density at radius 2 is 1.74 bits per heavy atom. The molecule has 4 rings (SSSR count). The number of hydrogen-bond acceptors (Lipinski definition) is 5. The number of amides is 4. The van der Waals surface area contributed by atoms with Gasteiger partial charge in [0.1, 0.15) is 12.2 Å². The van der Waals surface area contributed by atoms with Crippen LogP contribution in [0.3, 0.4) is 0 Å². The number of urea groups is 1. The smallest absolute Gasteiger partial charge is 0.335 e. The zero-order chi connectivity index (χ0) is 25.1. The molecule has 3 aromatic carbocycles. The number of imide groups is 2. The SMILES string of the molecule is COc1cc(/C=C2\C(=O)NC(=O)N(c3cccc(C)c3)C2=O)cc(Cl)c1OCc1ccccc1Cl. The van der Waals surface area contributed by atoms with Crippen LogP contribution in [0.5, 0.6) is 11.5 Å². The lowest BCUT2D eigenvalue weighted by atomic mass is 10.1. The Morgan fingerprint density at radius 3 is 2.46 bits per heavy atom. The highest BCUT2D eigenvalue weighted by molar-refractivity contribution is 6.39. The average Bonchev–Trinajstić information content (AvgIpc) is 2.81. The van der Waals surface area contributed by atoms with Crippen LogP contribution >= 0.6 is 23.2 Å². The topological polar surface area (TPSA) is 84.9 Å². The first kappa shape index (κ1) is 24.3. The van der Waals surface area contributed by atoms with Crippen molar-refractivity contribution < 1.29 is 23.9 Å². The molecule has 3 aromatic rings. The van der Waals surface area contributed by atoms with Gasteiger partial charge in [0.15, 0.2) is 11.5 Å². The van der Waals surface area contributed by atoms with Gasteiger partial charge in [-0.3, -0.25) is 14.9 Å². The normalized spacial score (nSPS) is 14.8. The van der Waals surface area contributed by atoms with Crippen LogP contribution in [-0.4, -0.2) is 25.0 Å². The van der Waals surface area contributed by atoms with Crippen molar-refractivity contribution in [2.45, 2.75) is 13.5 Å². The molecule has 9 heteroatoms. The van der Waals surface area contributed by atoms with Crippen LogP contribution in [0.15, 0.2) is 66.2 Å². The maximum Gasteiger partial charge on any atom is 0.335 e. The van der Waals surface area contributed by atoms with Gasteiger partial charge < -0.3 is 9.47 Å². The summed E-state index contributed by atoms with van der Waals surface area (Å²) in [4.78, 5) is 39.0. The summed E-state index contributed by atoms with van der Waals surface area (Å²) in [5.41, 5.74) is 2.16. The molecule has 0 aliphatic carbocycles. The Hall–Kier alpha value is -3.81. The molecule has 1 fully saturated rings. The summed E-state index contributed by atoms with van der Waals surface area (Å²) in [7, 11) is 1.45. The third-order valence-electron chi connectivity index (χ3n) is 5.25. The number of carbonyl (C=O) groups excluding carboxylic acids is 3. The number of barbiturate groups is 1. The molecule has 0 saturated carbocycles. The van der Waals surface area contributed by atoms with E-state index in [0.29, 0.717) is 22.0 Å². The van der Waals surface area contributed by atoms with E-state index in [0.717, 1.165) is 16.0 Å². The molecule has 0 atom stereocenters. The monoisotopic (exact) mass is 510 g/mol. The van der Waals surface area contributed by atoms with E-state index in [2.05, 4.69) is 5.32 Å². The molecular formula is C26H20Cl2N2O5. The van der Waals surface area contributed by atoms with Gasteiger partial charge in [0.2, 0.25) is 0 Å². The van der Waals surface area contributed by atoms with E-state index in [9.17, 15) is 14.4 Å². The predicted molar refractivity (Wildman–Crippen MR) is 134 cm³/mol. The van der Waals surface area contributed by atoms with Crippen molar-refractivity contribution >= 4 is 52.8 Å². The van der Waals surface area contributed by atoms with Crippen molar-refractivity contribution in [1.29, 1.82) is 0 Å². The molecule has 0 aromatic heterocycles. The number of ether oxygens (including phenoxy) is 2. The van der Waals surface area contributed by atoms with Gasteiger partial charge in [-0.25, -0.2) is 9.69 Å². The predicted octanol–water partition coefficient (Wildman–Crippen LogP) is 5.56. The van der Waals surface area contributed by atoms with Crippen molar-refractivity contribution in [3.05, 3.63) is 93.0 Å². The number of benzene rings is 3. The van der Waals surface area contributed by atoms with Crippen molar-refractivity contribution in [2.24, 2.45) is 0 Å². The lowest BCUT2D eigenvalue weighted by Crippen LogP contribution is -2.54. The van der Waals surface area contributed by atoms with Crippen LogP contribution in [0.4, 0.5) is 10.5 Å². The zero-order valence-corrected chi connectivity index (χ0v) is 20.3. The summed E-state index contributed by atoms with van der Waals surface area (Å²) in [6.07, 6.45) is 1.35. The second-order valence-corrected chi connectivity index (χ2v) is 8.53. The third kappa shape index (κ3) is 5.16. The van der Waals surface area contributed by atoms with Gasteiger partial charge in [0.05, 0.1) is 17.8 Å². The van der Waals surface area contributed by atoms with Gasteiger partial charge >= 0.3 is 6.03 Å². The van der Waals surface area contributed by atoms with Crippen LogP contribution in [0.2, 0.25) is 10.0 Å². The zero-order valence-electron chi connectivity index (χ0n) is 18.8. The van der Waals surface area contributed by atoms with Gasteiger partial charge in [0, 0.05) is 10.6 Å². The molecule has 0 bridgehead atoms. The molecule has 1 aliphatic rings. The fourth-order valence-electron chi connectivity index (χ4n) is 3.55. The number of halogens is 2.